The molecule has 0 amide bonds. The van der Waals surface area contributed by atoms with E-state index in [4.69, 9.17) is 0 Å². The second kappa shape index (κ2) is 3.02. The number of hydrogen-bond acceptors (Lipinski definition) is 2. The van der Waals surface area contributed by atoms with Gasteiger partial charge in [0.1, 0.15) is 0 Å². The normalized spacial score (nSPS) is 38.2. The maximum absolute atomic E-state index is 4.45. The third kappa shape index (κ3) is 1.35. The summed E-state index contributed by atoms with van der Waals surface area (Å²) in [6.07, 6.45) is 6.28. The van der Waals surface area contributed by atoms with Crippen LogP contribution in [0, 0.1) is 0 Å². The predicted molar refractivity (Wildman–Crippen MR) is 43.9 cm³/mol. The molecule has 0 nitrogen and oxygen atoms in total. The Morgan fingerprint density at radius 2 is 2.25 bits per heavy atom. The van der Waals surface area contributed by atoms with Gasteiger partial charge in [-0.3, -0.25) is 0 Å². The summed E-state index contributed by atoms with van der Waals surface area (Å²) < 4.78 is 0. The lowest BCUT2D eigenvalue weighted by atomic mass is 10.4. The van der Waals surface area contributed by atoms with E-state index in [2.05, 4.69) is 18.9 Å². The summed E-state index contributed by atoms with van der Waals surface area (Å²) in [5.74, 6) is 0. The third-order valence-electron chi connectivity index (χ3n) is 1.72. The van der Waals surface area contributed by atoms with Crippen LogP contribution in [0.25, 0.3) is 0 Å². The smallest absolute Gasteiger partial charge is 0.0161 e. The second-order valence-electron chi connectivity index (χ2n) is 2.27. The lowest BCUT2D eigenvalue weighted by Crippen LogP contribution is -2.07. The molecule has 1 aliphatic carbocycles. The molecule has 0 aliphatic heterocycles. The highest BCUT2D eigenvalue weighted by Gasteiger charge is 2.22. The van der Waals surface area contributed by atoms with Crippen molar-refractivity contribution < 1.29 is 0 Å². The first kappa shape index (κ1) is 6.81. The molecule has 0 aromatic rings. The zero-order chi connectivity index (χ0) is 5.98. The van der Waals surface area contributed by atoms with Crippen LogP contribution in [0.2, 0.25) is 0 Å². The highest BCUT2D eigenvalue weighted by atomic mass is 32.2. The van der Waals surface area contributed by atoms with Gasteiger partial charge in [-0.05, 0) is 19.1 Å². The number of rotatable bonds is 1. The van der Waals surface area contributed by atoms with Gasteiger partial charge in [-0.15, -0.1) is 0 Å². The first-order valence-corrected chi connectivity index (χ1v) is 4.86. The van der Waals surface area contributed by atoms with Gasteiger partial charge in [0.15, 0.2) is 0 Å². The fourth-order valence-electron chi connectivity index (χ4n) is 1.18. The van der Waals surface area contributed by atoms with Gasteiger partial charge in [0.2, 0.25) is 0 Å². The molecule has 0 aromatic carbocycles. The van der Waals surface area contributed by atoms with Crippen molar-refractivity contribution in [3.05, 3.63) is 0 Å². The van der Waals surface area contributed by atoms with E-state index >= 15 is 0 Å². The number of thioether (sulfide) groups is 1. The SMILES string of the molecule is CSC1CCCC1S. The van der Waals surface area contributed by atoms with E-state index in [0.29, 0.717) is 5.25 Å². The Labute approximate surface area is 60.8 Å². The van der Waals surface area contributed by atoms with Gasteiger partial charge >= 0.3 is 0 Å². The van der Waals surface area contributed by atoms with Crippen LogP contribution < -0.4 is 0 Å². The van der Waals surface area contributed by atoms with E-state index in [1.807, 2.05) is 11.8 Å². The molecular formula is C6H12S2. The van der Waals surface area contributed by atoms with Crippen molar-refractivity contribution >= 4 is 24.4 Å². The molecule has 0 N–H and O–H groups in total. The molecule has 1 fully saturated rings. The first-order valence-electron chi connectivity index (χ1n) is 3.05. The minimum absolute atomic E-state index is 0.685. The predicted octanol–water partition coefficient (Wildman–Crippen LogP) is 2.20. The van der Waals surface area contributed by atoms with Crippen molar-refractivity contribution in [2.24, 2.45) is 0 Å². The Balaban J connectivity index is 2.30. The molecule has 0 radical (unpaired) electrons. The van der Waals surface area contributed by atoms with Crippen LogP contribution in [-0.4, -0.2) is 16.8 Å². The highest BCUT2D eigenvalue weighted by molar-refractivity contribution is 8.00. The van der Waals surface area contributed by atoms with Crippen molar-refractivity contribution in [3.63, 3.8) is 0 Å². The first-order chi connectivity index (χ1) is 3.84. The molecule has 0 heterocycles. The van der Waals surface area contributed by atoms with E-state index in [0.717, 1.165) is 5.25 Å². The van der Waals surface area contributed by atoms with Crippen molar-refractivity contribution in [2.75, 3.05) is 6.26 Å². The van der Waals surface area contributed by atoms with Gasteiger partial charge in [-0.2, -0.15) is 24.4 Å². The van der Waals surface area contributed by atoms with E-state index < -0.39 is 0 Å². The van der Waals surface area contributed by atoms with Gasteiger partial charge < -0.3 is 0 Å². The average Bonchev–Trinajstić information content (AvgIpc) is 2.14. The average molecular weight is 148 g/mol. The van der Waals surface area contributed by atoms with Crippen molar-refractivity contribution in [1.29, 1.82) is 0 Å². The largest absolute Gasteiger partial charge is 0.175 e. The topological polar surface area (TPSA) is 0 Å². The van der Waals surface area contributed by atoms with Crippen LogP contribution in [0.3, 0.4) is 0 Å². The van der Waals surface area contributed by atoms with Gasteiger partial charge in [0, 0.05) is 10.5 Å². The molecule has 0 aromatic heterocycles. The van der Waals surface area contributed by atoms with Gasteiger partial charge in [-0.1, -0.05) is 6.42 Å². The van der Waals surface area contributed by atoms with Crippen LogP contribution in [0.15, 0.2) is 0 Å². The fourth-order valence-corrected chi connectivity index (χ4v) is 2.73. The Morgan fingerprint density at radius 1 is 1.50 bits per heavy atom. The lowest BCUT2D eigenvalue weighted by Gasteiger charge is -2.09. The molecular weight excluding hydrogens is 136 g/mol. The number of thiol groups is 1. The Kier molecular flexibility index (Phi) is 2.57. The van der Waals surface area contributed by atoms with E-state index in [1.54, 1.807) is 0 Å². The third-order valence-corrected chi connectivity index (χ3v) is 3.71. The maximum Gasteiger partial charge on any atom is 0.0161 e. The summed E-state index contributed by atoms with van der Waals surface area (Å²) in [5, 5.41) is 1.53. The molecule has 8 heavy (non-hydrogen) atoms. The zero-order valence-corrected chi connectivity index (χ0v) is 6.84. The van der Waals surface area contributed by atoms with Gasteiger partial charge in [0.05, 0.1) is 0 Å². The Bertz CT molecular complexity index is 72.9. The zero-order valence-electron chi connectivity index (χ0n) is 5.13. The summed E-state index contributed by atoms with van der Waals surface area (Å²) in [6.45, 7) is 0. The molecule has 2 atom stereocenters. The summed E-state index contributed by atoms with van der Waals surface area (Å²) in [6, 6.07) is 0. The van der Waals surface area contributed by atoms with E-state index in [-0.39, 0.29) is 0 Å². The second-order valence-corrected chi connectivity index (χ2v) is 4.01. The molecule has 0 saturated heterocycles. The standard InChI is InChI=1S/C6H12S2/c1-8-6-4-2-3-5(6)7/h5-7H,2-4H2,1H3. The summed E-state index contributed by atoms with van der Waals surface area (Å²) in [5.41, 5.74) is 0. The molecule has 1 aliphatic rings. The van der Waals surface area contributed by atoms with Gasteiger partial charge in [0.25, 0.3) is 0 Å². The van der Waals surface area contributed by atoms with Crippen LogP contribution in [0.5, 0.6) is 0 Å². The van der Waals surface area contributed by atoms with Crippen LogP contribution in [-0.2, 0) is 0 Å². The van der Waals surface area contributed by atoms with Crippen LogP contribution in [0.4, 0.5) is 0 Å². The summed E-state index contributed by atoms with van der Waals surface area (Å²) >= 11 is 6.41. The summed E-state index contributed by atoms with van der Waals surface area (Å²) in [7, 11) is 0. The number of hydrogen-bond donors (Lipinski definition) is 1. The highest BCUT2D eigenvalue weighted by Crippen LogP contribution is 2.31. The fraction of sp³-hybridized carbons (Fsp3) is 1.00. The van der Waals surface area contributed by atoms with Crippen LogP contribution in [0.1, 0.15) is 19.3 Å². The minimum Gasteiger partial charge on any atom is -0.175 e. The van der Waals surface area contributed by atoms with Crippen LogP contribution >= 0.6 is 24.4 Å². The van der Waals surface area contributed by atoms with E-state index in [1.165, 1.54) is 19.3 Å². The molecule has 2 unspecified atom stereocenters. The molecule has 0 bridgehead atoms. The molecule has 48 valence electrons. The molecule has 1 saturated carbocycles. The monoisotopic (exact) mass is 148 g/mol. The van der Waals surface area contributed by atoms with Crippen molar-refractivity contribution in [1.82, 2.24) is 0 Å². The quantitative estimate of drug-likeness (QED) is 0.556. The molecule has 1 rings (SSSR count). The molecule has 0 spiro atoms. The van der Waals surface area contributed by atoms with Gasteiger partial charge in [-0.25, -0.2) is 0 Å². The molecule has 2 heteroatoms. The summed E-state index contributed by atoms with van der Waals surface area (Å²) in [4.78, 5) is 0. The van der Waals surface area contributed by atoms with Crippen molar-refractivity contribution in [3.8, 4) is 0 Å². The van der Waals surface area contributed by atoms with E-state index in [9.17, 15) is 0 Å². The maximum atomic E-state index is 4.45. The van der Waals surface area contributed by atoms with Crippen molar-refractivity contribution in [2.45, 2.75) is 29.8 Å². The Morgan fingerprint density at radius 3 is 2.50 bits per heavy atom. The lowest BCUT2D eigenvalue weighted by molar-refractivity contribution is 0.891. The Hall–Kier alpha value is 0.700. The minimum atomic E-state index is 0.685.